The molecule has 1 atom stereocenters. The van der Waals surface area contributed by atoms with Gasteiger partial charge in [0, 0.05) is 13.2 Å². The number of hydrogen-bond acceptors (Lipinski definition) is 5. The number of aromatic nitrogens is 2. The molecule has 84 valence electrons. The van der Waals surface area contributed by atoms with Gasteiger partial charge in [-0.25, -0.2) is 9.97 Å². The molecule has 4 N–H and O–H groups in total. The summed E-state index contributed by atoms with van der Waals surface area (Å²) >= 11 is 0. The van der Waals surface area contributed by atoms with Crippen molar-refractivity contribution in [1.29, 1.82) is 0 Å². The molecule has 15 heavy (non-hydrogen) atoms. The predicted molar refractivity (Wildman–Crippen MR) is 60.4 cm³/mol. The number of nitrogen functional groups attached to an aromatic ring is 1. The molecule has 0 saturated carbocycles. The molecule has 0 aliphatic rings. The van der Waals surface area contributed by atoms with Crippen molar-refractivity contribution in [1.82, 2.24) is 9.97 Å². The van der Waals surface area contributed by atoms with E-state index < -0.39 is 0 Å². The van der Waals surface area contributed by atoms with Gasteiger partial charge in [-0.1, -0.05) is 6.92 Å². The lowest BCUT2D eigenvalue weighted by atomic mass is 10.1. The molecule has 1 aromatic rings. The van der Waals surface area contributed by atoms with Crippen LogP contribution in [0, 0.1) is 5.92 Å². The zero-order valence-corrected chi connectivity index (χ0v) is 8.98. The quantitative estimate of drug-likeness (QED) is 0.607. The summed E-state index contributed by atoms with van der Waals surface area (Å²) in [5.41, 5.74) is 6.02. The van der Waals surface area contributed by atoms with Crippen LogP contribution in [0.2, 0.25) is 0 Å². The van der Waals surface area contributed by atoms with Gasteiger partial charge in [0.15, 0.2) is 0 Å². The maximum absolute atomic E-state index is 8.82. The lowest BCUT2D eigenvalue weighted by Gasteiger charge is -2.08. The molecular formula is C10H18N4O. The van der Waals surface area contributed by atoms with Crippen molar-refractivity contribution in [3.8, 4) is 0 Å². The van der Waals surface area contributed by atoms with Gasteiger partial charge in [0.2, 0.25) is 5.95 Å². The second-order valence-corrected chi connectivity index (χ2v) is 3.70. The van der Waals surface area contributed by atoms with E-state index in [-0.39, 0.29) is 6.61 Å². The van der Waals surface area contributed by atoms with Gasteiger partial charge in [-0.3, -0.25) is 0 Å². The van der Waals surface area contributed by atoms with Gasteiger partial charge in [0.1, 0.15) is 0 Å². The van der Waals surface area contributed by atoms with E-state index in [9.17, 15) is 0 Å². The Morgan fingerprint density at radius 2 is 2.13 bits per heavy atom. The summed E-state index contributed by atoms with van der Waals surface area (Å²) < 4.78 is 0. The molecule has 1 unspecified atom stereocenters. The van der Waals surface area contributed by atoms with E-state index in [0.717, 1.165) is 19.4 Å². The zero-order valence-electron chi connectivity index (χ0n) is 8.98. The number of nitrogens with zero attached hydrogens (tertiary/aromatic N) is 2. The van der Waals surface area contributed by atoms with Crippen molar-refractivity contribution in [3.63, 3.8) is 0 Å². The highest BCUT2D eigenvalue weighted by Crippen LogP contribution is 2.05. The first-order valence-corrected chi connectivity index (χ1v) is 5.14. The molecule has 0 aliphatic carbocycles. The van der Waals surface area contributed by atoms with Crippen LogP contribution in [0.3, 0.4) is 0 Å². The molecule has 0 aliphatic heterocycles. The normalized spacial score (nSPS) is 12.4. The second kappa shape index (κ2) is 6.19. The Morgan fingerprint density at radius 1 is 1.47 bits per heavy atom. The van der Waals surface area contributed by atoms with Crippen molar-refractivity contribution in [2.24, 2.45) is 5.92 Å². The molecule has 0 bridgehead atoms. The molecule has 5 heteroatoms. The van der Waals surface area contributed by atoms with Gasteiger partial charge in [-0.2, -0.15) is 0 Å². The van der Waals surface area contributed by atoms with Gasteiger partial charge >= 0.3 is 0 Å². The zero-order chi connectivity index (χ0) is 11.1. The maximum atomic E-state index is 8.82. The number of nitrogens with one attached hydrogen (secondary N) is 1. The summed E-state index contributed by atoms with van der Waals surface area (Å²) in [6, 6.07) is 0. The molecule has 1 rings (SSSR count). The van der Waals surface area contributed by atoms with E-state index in [2.05, 4.69) is 15.3 Å². The fraction of sp³-hybridized carbons (Fsp3) is 0.600. The van der Waals surface area contributed by atoms with Crippen LogP contribution in [0.25, 0.3) is 0 Å². The van der Waals surface area contributed by atoms with E-state index in [1.807, 2.05) is 6.92 Å². The summed E-state index contributed by atoms with van der Waals surface area (Å²) in [6.45, 7) is 3.09. The van der Waals surface area contributed by atoms with Gasteiger partial charge in [-0.15, -0.1) is 0 Å². The lowest BCUT2D eigenvalue weighted by Crippen LogP contribution is -2.08. The molecule has 0 spiro atoms. The van der Waals surface area contributed by atoms with E-state index in [1.54, 1.807) is 12.4 Å². The van der Waals surface area contributed by atoms with Crippen LogP contribution in [0.4, 0.5) is 11.6 Å². The van der Waals surface area contributed by atoms with Crippen LogP contribution < -0.4 is 11.1 Å². The van der Waals surface area contributed by atoms with Crippen LogP contribution in [0.5, 0.6) is 0 Å². The van der Waals surface area contributed by atoms with Crippen LogP contribution in [0.15, 0.2) is 12.4 Å². The van der Waals surface area contributed by atoms with Crippen molar-refractivity contribution >= 4 is 11.6 Å². The molecular weight excluding hydrogens is 192 g/mol. The molecule has 5 nitrogen and oxygen atoms in total. The first kappa shape index (κ1) is 11.7. The Balaban J connectivity index is 2.17. The third kappa shape index (κ3) is 4.60. The molecule has 0 aromatic carbocycles. The average molecular weight is 210 g/mol. The van der Waals surface area contributed by atoms with Crippen molar-refractivity contribution in [2.45, 2.75) is 19.8 Å². The molecule has 0 fully saturated rings. The van der Waals surface area contributed by atoms with Gasteiger partial charge in [0.05, 0.1) is 18.1 Å². The number of rotatable bonds is 6. The first-order valence-electron chi connectivity index (χ1n) is 5.14. The third-order valence-corrected chi connectivity index (χ3v) is 2.14. The lowest BCUT2D eigenvalue weighted by molar-refractivity contribution is 0.229. The van der Waals surface area contributed by atoms with Crippen LogP contribution in [0.1, 0.15) is 19.8 Å². The number of aliphatic hydroxyl groups is 1. The third-order valence-electron chi connectivity index (χ3n) is 2.14. The Morgan fingerprint density at radius 3 is 2.73 bits per heavy atom. The minimum atomic E-state index is 0.248. The largest absolute Gasteiger partial charge is 0.396 e. The second-order valence-electron chi connectivity index (χ2n) is 3.70. The summed E-state index contributed by atoms with van der Waals surface area (Å²) in [6.07, 6.45) is 5.14. The summed E-state index contributed by atoms with van der Waals surface area (Å²) in [5, 5.41) is 11.9. The first-order chi connectivity index (χ1) is 7.22. The van der Waals surface area contributed by atoms with Crippen molar-refractivity contribution in [3.05, 3.63) is 12.4 Å². The SMILES string of the molecule is CC(CO)CCCNc1ncc(N)cn1. The number of nitrogens with two attached hydrogens (primary N) is 1. The van der Waals surface area contributed by atoms with E-state index >= 15 is 0 Å². The minimum Gasteiger partial charge on any atom is -0.396 e. The number of hydrogen-bond donors (Lipinski definition) is 3. The van der Waals surface area contributed by atoms with Crippen LogP contribution in [-0.2, 0) is 0 Å². The fourth-order valence-electron chi connectivity index (χ4n) is 1.17. The Bertz CT molecular complexity index is 275. The average Bonchev–Trinajstić information content (AvgIpc) is 2.26. The highest BCUT2D eigenvalue weighted by atomic mass is 16.3. The molecule has 0 saturated heterocycles. The topological polar surface area (TPSA) is 84.1 Å². The number of anilines is 2. The highest BCUT2D eigenvalue weighted by Gasteiger charge is 1.99. The summed E-state index contributed by atoms with van der Waals surface area (Å²) in [4.78, 5) is 8.04. The van der Waals surface area contributed by atoms with E-state index in [4.69, 9.17) is 10.8 Å². The molecule has 1 aromatic heterocycles. The van der Waals surface area contributed by atoms with Crippen molar-refractivity contribution < 1.29 is 5.11 Å². The molecule has 0 radical (unpaired) electrons. The summed E-state index contributed by atoms with van der Waals surface area (Å²) in [5.74, 6) is 0.958. The van der Waals surface area contributed by atoms with Gasteiger partial charge in [-0.05, 0) is 18.8 Å². The Labute approximate surface area is 89.7 Å². The number of aliphatic hydroxyl groups excluding tert-OH is 1. The van der Waals surface area contributed by atoms with Crippen LogP contribution >= 0.6 is 0 Å². The fourth-order valence-corrected chi connectivity index (χ4v) is 1.17. The minimum absolute atomic E-state index is 0.248. The Hall–Kier alpha value is -1.36. The maximum Gasteiger partial charge on any atom is 0.222 e. The predicted octanol–water partition coefficient (Wildman–Crippen LogP) is 0.879. The monoisotopic (exact) mass is 210 g/mol. The van der Waals surface area contributed by atoms with Gasteiger partial charge in [0.25, 0.3) is 0 Å². The smallest absolute Gasteiger partial charge is 0.222 e. The summed E-state index contributed by atoms with van der Waals surface area (Å²) in [7, 11) is 0. The Kier molecular flexibility index (Phi) is 4.83. The molecule has 0 amide bonds. The molecule has 1 heterocycles. The van der Waals surface area contributed by atoms with E-state index in [1.165, 1.54) is 0 Å². The van der Waals surface area contributed by atoms with Crippen LogP contribution in [-0.4, -0.2) is 28.2 Å². The van der Waals surface area contributed by atoms with E-state index in [0.29, 0.717) is 17.6 Å². The van der Waals surface area contributed by atoms with Gasteiger partial charge < -0.3 is 16.2 Å². The standard InChI is InChI=1S/C10H18N4O/c1-8(7-15)3-2-4-12-10-13-5-9(11)6-14-10/h5-6,8,15H,2-4,7,11H2,1H3,(H,12,13,14). The van der Waals surface area contributed by atoms with Crippen molar-refractivity contribution in [2.75, 3.05) is 24.2 Å². The highest BCUT2D eigenvalue weighted by molar-refractivity contribution is 5.35.